The Hall–Kier alpha value is -3.00. The summed E-state index contributed by atoms with van der Waals surface area (Å²) in [6.07, 6.45) is 0. The van der Waals surface area contributed by atoms with Crippen LogP contribution in [0.4, 0.5) is 5.69 Å². The van der Waals surface area contributed by atoms with Gasteiger partial charge in [-0.1, -0.05) is 18.2 Å². The van der Waals surface area contributed by atoms with Gasteiger partial charge in [-0.3, -0.25) is 19.2 Å². The molecular weight excluding hydrogens is 344 g/mol. The van der Waals surface area contributed by atoms with Crippen LogP contribution in [-0.2, 0) is 14.3 Å². The number of hydrogen-bond acceptors (Lipinski definition) is 6. The number of thiophene rings is 1. The summed E-state index contributed by atoms with van der Waals surface area (Å²) < 4.78 is 4.79. The number of ether oxygens (including phenoxy) is 1. The molecule has 0 atom stereocenters. The second-order valence-corrected chi connectivity index (χ2v) is 5.95. The van der Waals surface area contributed by atoms with Gasteiger partial charge in [0.05, 0.1) is 4.88 Å². The molecule has 2 rings (SSSR count). The van der Waals surface area contributed by atoms with Crippen molar-refractivity contribution in [2.24, 2.45) is 0 Å². The number of carbonyl (C=O) groups excluding carboxylic acids is 4. The molecule has 7 nitrogen and oxygen atoms in total. The molecule has 0 unspecified atom stereocenters. The molecule has 0 aliphatic rings. The SMILES string of the molecule is CC(=O)c1cccc(NC(=O)COC(=O)CNC(=O)c2cccs2)c1. The van der Waals surface area contributed by atoms with E-state index < -0.39 is 18.5 Å². The smallest absolute Gasteiger partial charge is 0.325 e. The molecule has 8 heteroatoms. The molecule has 1 heterocycles. The van der Waals surface area contributed by atoms with Crippen molar-refractivity contribution in [1.29, 1.82) is 0 Å². The lowest BCUT2D eigenvalue weighted by atomic mass is 10.1. The standard InChI is InChI=1S/C17H16N2O5S/c1-11(20)12-4-2-5-13(8-12)19-15(21)10-24-16(22)9-18-17(23)14-6-3-7-25-14/h2-8H,9-10H2,1H3,(H,18,23)(H,19,21). The average molecular weight is 360 g/mol. The van der Waals surface area contributed by atoms with Crippen LogP contribution in [0.2, 0.25) is 0 Å². The molecule has 2 N–H and O–H groups in total. The van der Waals surface area contributed by atoms with Crippen LogP contribution in [0.15, 0.2) is 41.8 Å². The second-order valence-electron chi connectivity index (χ2n) is 5.01. The predicted molar refractivity (Wildman–Crippen MR) is 92.7 cm³/mol. The van der Waals surface area contributed by atoms with E-state index in [0.29, 0.717) is 16.1 Å². The van der Waals surface area contributed by atoms with E-state index in [4.69, 9.17) is 4.74 Å². The number of esters is 1. The first kappa shape index (κ1) is 18.3. The molecule has 130 valence electrons. The molecule has 2 amide bonds. The Kier molecular flexibility index (Phi) is 6.41. The summed E-state index contributed by atoms with van der Waals surface area (Å²) in [5.41, 5.74) is 0.894. The fraction of sp³-hybridized carbons (Fsp3) is 0.176. The summed E-state index contributed by atoms with van der Waals surface area (Å²) in [4.78, 5) is 46.8. The second kappa shape index (κ2) is 8.74. The average Bonchev–Trinajstić information content (AvgIpc) is 3.12. The van der Waals surface area contributed by atoms with Crippen molar-refractivity contribution in [2.75, 3.05) is 18.5 Å². The third-order valence-corrected chi connectivity index (χ3v) is 3.92. The highest BCUT2D eigenvalue weighted by atomic mass is 32.1. The zero-order valence-corrected chi connectivity index (χ0v) is 14.2. The van der Waals surface area contributed by atoms with Gasteiger partial charge in [0.2, 0.25) is 0 Å². The number of rotatable bonds is 7. The summed E-state index contributed by atoms with van der Waals surface area (Å²) >= 11 is 1.25. The normalized spacial score (nSPS) is 9.96. The van der Waals surface area contributed by atoms with Gasteiger partial charge in [-0.2, -0.15) is 0 Å². The van der Waals surface area contributed by atoms with E-state index in [2.05, 4.69) is 10.6 Å². The number of Topliss-reactive ketones (excluding diaryl/α,β-unsaturated/α-hetero) is 1. The van der Waals surface area contributed by atoms with E-state index in [-0.39, 0.29) is 18.2 Å². The summed E-state index contributed by atoms with van der Waals surface area (Å²) in [7, 11) is 0. The van der Waals surface area contributed by atoms with Gasteiger partial charge in [-0.25, -0.2) is 0 Å². The van der Waals surface area contributed by atoms with Crippen LogP contribution in [0.3, 0.4) is 0 Å². The molecule has 0 saturated heterocycles. The predicted octanol–water partition coefficient (Wildman–Crippen LogP) is 1.86. The van der Waals surface area contributed by atoms with Gasteiger partial charge in [0, 0.05) is 11.3 Å². The van der Waals surface area contributed by atoms with E-state index in [1.54, 1.807) is 35.7 Å². The largest absolute Gasteiger partial charge is 0.454 e. The van der Waals surface area contributed by atoms with Gasteiger partial charge >= 0.3 is 5.97 Å². The van der Waals surface area contributed by atoms with E-state index in [1.807, 2.05) is 0 Å². The molecule has 1 aromatic carbocycles. The molecule has 0 aliphatic carbocycles. The van der Waals surface area contributed by atoms with Crippen molar-refractivity contribution < 1.29 is 23.9 Å². The molecule has 2 aromatic rings. The molecule has 0 saturated carbocycles. The van der Waals surface area contributed by atoms with Crippen LogP contribution in [0, 0.1) is 0 Å². The van der Waals surface area contributed by atoms with E-state index >= 15 is 0 Å². The number of amides is 2. The zero-order chi connectivity index (χ0) is 18.2. The third-order valence-electron chi connectivity index (χ3n) is 3.06. The maximum atomic E-state index is 11.8. The monoisotopic (exact) mass is 360 g/mol. The highest BCUT2D eigenvalue weighted by Crippen LogP contribution is 2.11. The maximum Gasteiger partial charge on any atom is 0.325 e. The fourth-order valence-corrected chi connectivity index (χ4v) is 2.50. The molecular formula is C17H16N2O5S. The molecule has 0 radical (unpaired) electrons. The lowest BCUT2D eigenvalue weighted by molar-refractivity contribution is -0.146. The quantitative estimate of drug-likeness (QED) is 0.580. The highest BCUT2D eigenvalue weighted by Gasteiger charge is 2.11. The minimum absolute atomic E-state index is 0.121. The summed E-state index contributed by atoms with van der Waals surface area (Å²) in [6, 6.07) is 9.78. The minimum atomic E-state index is -0.724. The molecule has 0 fully saturated rings. The van der Waals surface area contributed by atoms with Crippen molar-refractivity contribution in [2.45, 2.75) is 6.92 Å². The molecule has 0 aliphatic heterocycles. The number of ketones is 1. The van der Waals surface area contributed by atoms with Gasteiger partial charge in [0.25, 0.3) is 11.8 Å². The van der Waals surface area contributed by atoms with Crippen LogP contribution in [0.1, 0.15) is 27.0 Å². The number of carbonyl (C=O) groups is 4. The molecule has 0 spiro atoms. The Morgan fingerprint density at radius 3 is 2.60 bits per heavy atom. The maximum absolute atomic E-state index is 11.8. The Bertz CT molecular complexity index is 786. The number of hydrogen-bond donors (Lipinski definition) is 2. The Morgan fingerprint density at radius 2 is 1.92 bits per heavy atom. The Balaban J connectivity index is 1.74. The number of anilines is 1. The van der Waals surface area contributed by atoms with Crippen molar-refractivity contribution >= 4 is 40.6 Å². The van der Waals surface area contributed by atoms with Crippen molar-refractivity contribution in [3.05, 3.63) is 52.2 Å². The first-order valence-corrected chi connectivity index (χ1v) is 8.22. The molecule has 25 heavy (non-hydrogen) atoms. The zero-order valence-electron chi connectivity index (χ0n) is 13.4. The van der Waals surface area contributed by atoms with Gasteiger partial charge in [0.15, 0.2) is 12.4 Å². The number of nitrogens with one attached hydrogen (secondary N) is 2. The van der Waals surface area contributed by atoms with Crippen LogP contribution in [-0.4, -0.2) is 36.7 Å². The van der Waals surface area contributed by atoms with Crippen molar-refractivity contribution in [1.82, 2.24) is 5.32 Å². The summed E-state index contributed by atoms with van der Waals surface area (Å²) in [5, 5.41) is 6.68. The minimum Gasteiger partial charge on any atom is -0.454 e. The Labute approximate surface area is 148 Å². The van der Waals surface area contributed by atoms with E-state index in [0.717, 1.165) is 0 Å². The Morgan fingerprint density at radius 1 is 1.12 bits per heavy atom. The van der Waals surface area contributed by atoms with Crippen LogP contribution >= 0.6 is 11.3 Å². The first-order valence-electron chi connectivity index (χ1n) is 7.34. The highest BCUT2D eigenvalue weighted by molar-refractivity contribution is 7.12. The van der Waals surface area contributed by atoms with Gasteiger partial charge < -0.3 is 15.4 Å². The van der Waals surface area contributed by atoms with Gasteiger partial charge in [-0.15, -0.1) is 11.3 Å². The first-order chi connectivity index (χ1) is 12.0. The van der Waals surface area contributed by atoms with E-state index in [9.17, 15) is 19.2 Å². The van der Waals surface area contributed by atoms with Gasteiger partial charge in [0.1, 0.15) is 6.54 Å². The third kappa shape index (κ3) is 5.85. The molecule has 0 bridgehead atoms. The van der Waals surface area contributed by atoms with Crippen molar-refractivity contribution in [3.8, 4) is 0 Å². The number of benzene rings is 1. The van der Waals surface area contributed by atoms with Crippen molar-refractivity contribution in [3.63, 3.8) is 0 Å². The molecule has 1 aromatic heterocycles. The lowest BCUT2D eigenvalue weighted by Gasteiger charge is -2.08. The topological polar surface area (TPSA) is 102 Å². The summed E-state index contributed by atoms with van der Waals surface area (Å²) in [6.45, 7) is 0.606. The fourth-order valence-electron chi connectivity index (χ4n) is 1.86. The summed E-state index contributed by atoms with van der Waals surface area (Å²) in [5.74, 6) is -1.77. The van der Waals surface area contributed by atoms with Crippen LogP contribution in [0.25, 0.3) is 0 Å². The van der Waals surface area contributed by atoms with Crippen LogP contribution in [0.5, 0.6) is 0 Å². The van der Waals surface area contributed by atoms with Crippen LogP contribution < -0.4 is 10.6 Å². The van der Waals surface area contributed by atoms with E-state index in [1.165, 1.54) is 24.3 Å². The van der Waals surface area contributed by atoms with Gasteiger partial charge in [-0.05, 0) is 30.5 Å². The lowest BCUT2D eigenvalue weighted by Crippen LogP contribution is -2.31.